The van der Waals surface area contributed by atoms with Gasteiger partial charge in [0.2, 0.25) is 0 Å². The molecule has 0 saturated carbocycles. The molecule has 1 atom stereocenters. The summed E-state index contributed by atoms with van der Waals surface area (Å²) in [6.07, 6.45) is 0. The molecule has 15 heavy (non-hydrogen) atoms. The van der Waals surface area contributed by atoms with Crippen LogP contribution >= 0.6 is 7.23 Å². The van der Waals surface area contributed by atoms with E-state index in [1.165, 1.54) is 12.1 Å². The van der Waals surface area contributed by atoms with Crippen molar-refractivity contribution in [3.05, 3.63) is 29.8 Å². The number of benzene rings is 1. The normalized spacial score (nSPS) is 13.7. The second-order valence-electron chi connectivity index (χ2n) is 3.00. The first-order chi connectivity index (χ1) is 6.98. The second-order valence-corrected chi connectivity index (χ2v) is 7.88. The molecular formula is C9H13O4PS. The molecule has 0 amide bonds. The summed E-state index contributed by atoms with van der Waals surface area (Å²) < 4.78 is 39.3. The fourth-order valence-electron chi connectivity index (χ4n) is 1.01. The lowest BCUT2D eigenvalue weighted by Gasteiger charge is -2.04. The first kappa shape index (κ1) is 12.4. The molecule has 1 rings (SSSR count). The van der Waals surface area contributed by atoms with E-state index in [1.54, 1.807) is 19.1 Å². The first-order valence-electron chi connectivity index (χ1n) is 4.47. The van der Waals surface area contributed by atoms with Crippen molar-refractivity contribution >= 4 is 16.7 Å². The van der Waals surface area contributed by atoms with Crippen LogP contribution in [0.5, 0.6) is 0 Å². The van der Waals surface area contributed by atoms with Crippen molar-refractivity contribution in [2.24, 2.45) is 0 Å². The van der Waals surface area contributed by atoms with Crippen LogP contribution in [0.4, 0.5) is 0 Å². The number of hydrogen-bond acceptors (Lipinski definition) is 4. The third kappa shape index (κ3) is 2.91. The molecule has 0 aliphatic carbocycles. The number of rotatable bonds is 4. The van der Waals surface area contributed by atoms with E-state index in [0.717, 1.165) is 5.56 Å². The van der Waals surface area contributed by atoms with Gasteiger partial charge in [-0.05, 0) is 26.0 Å². The molecule has 0 bridgehead atoms. The summed E-state index contributed by atoms with van der Waals surface area (Å²) in [5.41, 5.74) is 0.949. The Morgan fingerprint density at radius 3 is 2.27 bits per heavy atom. The van der Waals surface area contributed by atoms with Crippen molar-refractivity contribution in [3.63, 3.8) is 0 Å². The largest absolute Gasteiger partial charge is 0.320 e. The average Bonchev–Trinajstić information content (AvgIpc) is 2.18. The monoisotopic (exact) mass is 248 g/mol. The molecule has 0 radical (unpaired) electrons. The first-order valence-corrected chi connectivity index (χ1v) is 7.99. The highest BCUT2D eigenvalue weighted by Gasteiger charge is 2.22. The van der Waals surface area contributed by atoms with Crippen LogP contribution in [0.1, 0.15) is 12.5 Å². The lowest BCUT2D eigenvalue weighted by Crippen LogP contribution is -1.97. The Hall–Kier alpha value is -0.640. The maximum Gasteiger partial charge on any atom is 0.307 e. The molecule has 1 aromatic carbocycles. The Bertz CT molecular complexity index is 450. The van der Waals surface area contributed by atoms with Gasteiger partial charge in [-0.3, -0.25) is 4.57 Å². The summed E-state index contributed by atoms with van der Waals surface area (Å²) in [6.45, 7) is 3.58. The van der Waals surface area contributed by atoms with Crippen LogP contribution in [0.25, 0.3) is 0 Å². The number of hydrogen-bond donors (Lipinski definition) is 0. The topological polar surface area (TPSA) is 60.4 Å². The minimum absolute atomic E-state index is 0.0467. The van der Waals surface area contributed by atoms with E-state index in [4.69, 9.17) is 0 Å². The lowest BCUT2D eigenvalue weighted by atomic mass is 10.2. The maximum atomic E-state index is 11.6. The Balaban J connectivity index is 3.06. The van der Waals surface area contributed by atoms with Crippen molar-refractivity contribution in [2.75, 3.05) is 6.61 Å². The molecule has 0 aliphatic heterocycles. The van der Waals surface area contributed by atoms with Gasteiger partial charge in [0.1, 0.15) is 0 Å². The lowest BCUT2D eigenvalue weighted by molar-refractivity contribution is 0.359. The zero-order valence-corrected chi connectivity index (χ0v) is 10.4. The number of aryl methyl sites for hydroxylation is 1. The molecule has 1 unspecified atom stereocenters. The Morgan fingerprint density at radius 1 is 1.27 bits per heavy atom. The minimum atomic E-state index is -3.79. The van der Waals surface area contributed by atoms with E-state index in [1.807, 2.05) is 6.92 Å². The predicted octanol–water partition coefficient (Wildman–Crippen LogP) is 2.19. The minimum Gasteiger partial charge on any atom is -0.320 e. The van der Waals surface area contributed by atoms with E-state index in [-0.39, 0.29) is 11.5 Å². The Morgan fingerprint density at radius 2 is 1.80 bits per heavy atom. The molecule has 0 aromatic heterocycles. The summed E-state index contributed by atoms with van der Waals surface area (Å²) in [4.78, 5) is 0.0467. The molecule has 1 aromatic rings. The smallest absolute Gasteiger partial charge is 0.307 e. The van der Waals surface area contributed by atoms with Crippen LogP contribution in [0, 0.1) is 6.92 Å². The van der Waals surface area contributed by atoms with Crippen LogP contribution in [0.15, 0.2) is 29.2 Å². The average molecular weight is 248 g/mol. The summed E-state index contributed by atoms with van der Waals surface area (Å²) in [5.74, 6) is 0. The highest BCUT2D eigenvalue weighted by Crippen LogP contribution is 2.36. The molecule has 4 nitrogen and oxygen atoms in total. The third-order valence-electron chi connectivity index (χ3n) is 1.81. The maximum absolute atomic E-state index is 11.6. The van der Waals surface area contributed by atoms with E-state index in [9.17, 15) is 13.0 Å². The van der Waals surface area contributed by atoms with Crippen LogP contribution < -0.4 is 0 Å². The van der Waals surface area contributed by atoms with Crippen molar-refractivity contribution in [1.29, 1.82) is 0 Å². The Labute approximate surface area is 89.8 Å². The molecule has 0 aliphatic rings. The fraction of sp³-hybridized carbons (Fsp3) is 0.333. The van der Waals surface area contributed by atoms with Gasteiger partial charge in [0, 0.05) is 0 Å². The molecule has 0 spiro atoms. The second kappa shape index (κ2) is 4.92. The summed E-state index contributed by atoms with van der Waals surface area (Å²) in [7, 11) is -6.85. The highest BCUT2D eigenvalue weighted by molar-refractivity contribution is 8.44. The molecule has 0 saturated heterocycles. The third-order valence-corrected chi connectivity index (χ3v) is 6.05. The van der Waals surface area contributed by atoms with Crippen LogP contribution in [0.3, 0.4) is 0 Å². The van der Waals surface area contributed by atoms with E-state index in [0.29, 0.717) is 0 Å². The van der Waals surface area contributed by atoms with Crippen molar-refractivity contribution in [1.82, 2.24) is 0 Å². The SMILES string of the molecule is CCO[PH](=O)S(=O)(=O)c1ccc(C)cc1. The molecule has 0 N–H and O–H groups in total. The zero-order chi connectivity index (χ0) is 11.5. The van der Waals surface area contributed by atoms with E-state index < -0.39 is 16.7 Å². The van der Waals surface area contributed by atoms with Crippen LogP contribution in [-0.4, -0.2) is 15.0 Å². The van der Waals surface area contributed by atoms with Gasteiger partial charge >= 0.3 is 7.23 Å². The molecule has 6 heteroatoms. The van der Waals surface area contributed by atoms with Crippen LogP contribution in [0.2, 0.25) is 0 Å². The van der Waals surface area contributed by atoms with Gasteiger partial charge in [-0.1, -0.05) is 17.7 Å². The van der Waals surface area contributed by atoms with Crippen molar-refractivity contribution in [2.45, 2.75) is 18.7 Å². The summed E-state index contributed by atoms with van der Waals surface area (Å²) >= 11 is 0. The van der Waals surface area contributed by atoms with Crippen LogP contribution in [-0.2, 0) is 18.5 Å². The van der Waals surface area contributed by atoms with E-state index >= 15 is 0 Å². The van der Waals surface area contributed by atoms with Gasteiger partial charge in [0.25, 0.3) is 9.46 Å². The summed E-state index contributed by atoms with van der Waals surface area (Å²) in [5, 5.41) is 0. The molecule has 0 heterocycles. The summed E-state index contributed by atoms with van der Waals surface area (Å²) in [6, 6.07) is 6.19. The molecule has 84 valence electrons. The molecule has 0 fully saturated rings. The van der Waals surface area contributed by atoms with Crippen molar-refractivity contribution < 1.29 is 17.5 Å². The van der Waals surface area contributed by atoms with Gasteiger partial charge in [-0.15, -0.1) is 0 Å². The quantitative estimate of drug-likeness (QED) is 0.766. The van der Waals surface area contributed by atoms with Gasteiger partial charge in [-0.2, -0.15) is 0 Å². The van der Waals surface area contributed by atoms with Gasteiger partial charge < -0.3 is 4.52 Å². The predicted molar refractivity (Wildman–Crippen MR) is 59.0 cm³/mol. The van der Waals surface area contributed by atoms with Gasteiger partial charge in [-0.25, -0.2) is 8.42 Å². The van der Waals surface area contributed by atoms with E-state index in [2.05, 4.69) is 4.52 Å². The van der Waals surface area contributed by atoms with Gasteiger partial charge in [0.15, 0.2) is 0 Å². The zero-order valence-electron chi connectivity index (χ0n) is 8.56. The highest BCUT2D eigenvalue weighted by atomic mass is 32.8. The fourth-order valence-corrected chi connectivity index (χ4v) is 3.89. The van der Waals surface area contributed by atoms with Gasteiger partial charge in [0.05, 0.1) is 11.5 Å². The molecular weight excluding hydrogens is 235 g/mol. The van der Waals surface area contributed by atoms with Crippen molar-refractivity contribution in [3.8, 4) is 0 Å². The Kier molecular flexibility index (Phi) is 4.08. The standard InChI is InChI=1S/C9H13O4PS/c1-3-13-14(10)15(11,12)9-6-4-8(2)5-7-9/h4-7,14H,3H2,1-2H3.